The number of rotatable bonds is 0. The first-order chi connectivity index (χ1) is 9.25. The summed E-state index contributed by atoms with van der Waals surface area (Å²) in [5.41, 5.74) is 1.40. The lowest BCUT2D eigenvalue weighted by atomic mass is 9.85. The van der Waals surface area contributed by atoms with Crippen molar-refractivity contribution in [2.45, 2.75) is 26.2 Å². The van der Waals surface area contributed by atoms with E-state index >= 15 is 0 Å². The number of hydrogen-bond acceptors (Lipinski definition) is 3. The standard InChI is InChI=1S/C14H14BrN3O2/c1-6-16-10-7(12(19)17-6)5-8-11(9(10)15)18(4)13(20)14(8,2)3/h5H,1-4H3,(H,16,17,19). The third kappa shape index (κ3) is 1.51. The van der Waals surface area contributed by atoms with Crippen molar-refractivity contribution in [2.24, 2.45) is 0 Å². The number of aromatic amines is 1. The van der Waals surface area contributed by atoms with Crippen LogP contribution in [0.15, 0.2) is 15.3 Å². The van der Waals surface area contributed by atoms with Crippen molar-refractivity contribution in [3.63, 3.8) is 0 Å². The first-order valence-corrected chi connectivity index (χ1v) is 7.06. The topological polar surface area (TPSA) is 66.1 Å². The molecule has 1 amide bonds. The van der Waals surface area contributed by atoms with Crippen molar-refractivity contribution in [3.8, 4) is 0 Å². The molecule has 2 heterocycles. The van der Waals surface area contributed by atoms with E-state index < -0.39 is 5.41 Å². The molecule has 1 aliphatic heterocycles. The largest absolute Gasteiger partial charge is 0.313 e. The lowest BCUT2D eigenvalue weighted by Gasteiger charge is -2.16. The number of amides is 1. The first kappa shape index (κ1) is 13.3. The Morgan fingerprint density at radius 3 is 2.65 bits per heavy atom. The SMILES string of the molecule is Cc1nc2c(Br)c3c(cc2c(=O)[nH]1)C(C)(C)C(=O)N3C. The zero-order valence-corrected chi connectivity index (χ0v) is 13.3. The second-order valence-electron chi connectivity index (χ2n) is 5.62. The number of H-pyrrole nitrogens is 1. The molecule has 0 fully saturated rings. The molecular weight excluding hydrogens is 322 g/mol. The Hall–Kier alpha value is -1.69. The number of anilines is 1. The van der Waals surface area contributed by atoms with Gasteiger partial charge in [0, 0.05) is 7.05 Å². The van der Waals surface area contributed by atoms with Crippen molar-refractivity contribution in [1.29, 1.82) is 0 Å². The summed E-state index contributed by atoms with van der Waals surface area (Å²) in [5, 5.41) is 0.498. The molecule has 2 aromatic rings. The minimum Gasteiger partial charge on any atom is -0.313 e. The highest BCUT2D eigenvalue weighted by molar-refractivity contribution is 9.10. The van der Waals surface area contributed by atoms with Crippen molar-refractivity contribution in [1.82, 2.24) is 9.97 Å². The summed E-state index contributed by atoms with van der Waals surface area (Å²) in [4.78, 5) is 33.2. The number of halogens is 1. The van der Waals surface area contributed by atoms with Crippen molar-refractivity contribution in [3.05, 3.63) is 32.3 Å². The van der Waals surface area contributed by atoms with Gasteiger partial charge in [0.05, 0.1) is 26.5 Å². The molecule has 3 rings (SSSR count). The maximum Gasteiger partial charge on any atom is 0.258 e. The van der Waals surface area contributed by atoms with E-state index in [1.54, 1.807) is 24.9 Å². The number of benzene rings is 1. The highest BCUT2D eigenvalue weighted by Crippen LogP contribution is 2.46. The molecule has 104 valence electrons. The van der Waals surface area contributed by atoms with E-state index in [9.17, 15) is 9.59 Å². The van der Waals surface area contributed by atoms with Crippen LogP contribution in [0.5, 0.6) is 0 Å². The molecule has 1 aromatic carbocycles. The van der Waals surface area contributed by atoms with Crippen LogP contribution >= 0.6 is 15.9 Å². The van der Waals surface area contributed by atoms with E-state index in [1.165, 1.54) is 0 Å². The predicted octanol–water partition coefficient (Wildman–Crippen LogP) is 2.25. The van der Waals surface area contributed by atoms with Gasteiger partial charge in [-0.3, -0.25) is 9.59 Å². The summed E-state index contributed by atoms with van der Waals surface area (Å²) in [6, 6.07) is 1.78. The zero-order valence-electron chi connectivity index (χ0n) is 11.7. The number of aromatic nitrogens is 2. The van der Waals surface area contributed by atoms with Crippen LogP contribution in [0.3, 0.4) is 0 Å². The van der Waals surface area contributed by atoms with Gasteiger partial charge in [0.1, 0.15) is 5.82 Å². The Morgan fingerprint density at radius 2 is 2.00 bits per heavy atom. The highest BCUT2D eigenvalue weighted by Gasteiger charge is 2.44. The summed E-state index contributed by atoms with van der Waals surface area (Å²) < 4.78 is 0.695. The Morgan fingerprint density at radius 1 is 1.35 bits per heavy atom. The minimum absolute atomic E-state index is 0.0108. The Bertz CT molecular complexity index is 823. The Balaban J connectivity index is 2.52. The zero-order chi connectivity index (χ0) is 14.8. The number of aryl methyl sites for hydroxylation is 1. The van der Waals surface area contributed by atoms with Crippen LogP contribution in [-0.4, -0.2) is 22.9 Å². The molecule has 0 radical (unpaired) electrons. The van der Waals surface area contributed by atoms with E-state index in [1.807, 2.05) is 13.8 Å². The van der Waals surface area contributed by atoms with Gasteiger partial charge in [0.25, 0.3) is 5.56 Å². The molecule has 1 aromatic heterocycles. The second-order valence-corrected chi connectivity index (χ2v) is 6.42. The summed E-state index contributed by atoms with van der Waals surface area (Å²) in [6.07, 6.45) is 0. The fourth-order valence-corrected chi connectivity index (χ4v) is 3.56. The van der Waals surface area contributed by atoms with Crippen molar-refractivity contribution in [2.75, 3.05) is 11.9 Å². The summed E-state index contributed by atoms with van der Waals surface area (Å²) in [5.74, 6) is 0.561. The van der Waals surface area contributed by atoms with E-state index in [0.717, 1.165) is 11.3 Å². The molecule has 0 saturated heterocycles. The van der Waals surface area contributed by atoms with Gasteiger partial charge in [-0.25, -0.2) is 4.98 Å². The van der Waals surface area contributed by atoms with Gasteiger partial charge in [0.15, 0.2) is 0 Å². The van der Waals surface area contributed by atoms with Gasteiger partial charge in [0.2, 0.25) is 5.91 Å². The van der Waals surface area contributed by atoms with E-state index in [-0.39, 0.29) is 11.5 Å². The predicted molar refractivity (Wildman–Crippen MR) is 81.2 cm³/mol. The van der Waals surface area contributed by atoms with Crippen LogP contribution in [0, 0.1) is 6.92 Å². The summed E-state index contributed by atoms with van der Waals surface area (Å²) in [6.45, 7) is 5.47. The molecule has 20 heavy (non-hydrogen) atoms. The molecule has 0 aliphatic carbocycles. The van der Waals surface area contributed by atoms with E-state index in [4.69, 9.17) is 0 Å². The van der Waals surface area contributed by atoms with E-state index in [0.29, 0.717) is 21.2 Å². The minimum atomic E-state index is -0.641. The number of carbonyl (C=O) groups excluding carboxylic acids is 1. The Kier molecular flexibility index (Phi) is 2.60. The van der Waals surface area contributed by atoms with Crippen molar-refractivity contribution >= 4 is 38.4 Å². The summed E-state index contributed by atoms with van der Waals surface area (Å²) in [7, 11) is 1.74. The fraction of sp³-hybridized carbons (Fsp3) is 0.357. The van der Waals surface area contributed by atoms with Crippen LogP contribution in [-0.2, 0) is 10.2 Å². The van der Waals surface area contributed by atoms with Gasteiger partial charge in [-0.05, 0) is 48.3 Å². The molecule has 1 N–H and O–H groups in total. The number of fused-ring (bicyclic) bond motifs is 2. The maximum absolute atomic E-state index is 12.4. The monoisotopic (exact) mass is 335 g/mol. The molecule has 0 bridgehead atoms. The molecule has 1 aliphatic rings. The molecule has 6 heteroatoms. The maximum atomic E-state index is 12.4. The fourth-order valence-electron chi connectivity index (χ4n) is 2.78. The molecule has 0 saturated carbocycles. The number of nitrogens with one attached hydrogen (secondary N) is 1. The van der Waals surface area contributed by atoms with Gasteiger partial charge >= 0.3 is 0 Å². The number of hydrogen-bond donors (Lipinski definition) is 1. The average Bonchev–Trinajstić information content (AvgIpc) is 2.53. The second kappa shape index (κ2) is 3.91. The van der Waals surface area contributed by atoms with Gasteiger partial charge < -0.3 is 9.88 Å². The van der Waals surface area contributed by atoms with Crippen LogP contribution in [0.1, 0.15) is 25.2 Å². The quantitative estimate of drug-likeness (QED) is 0.802. The summed E-state index contributed by atoms with van der Waals surface area (Å²) >= 11 is 3.51. The van der Waals surface area contributed by atoms with Crippen LogP contribution in [0.2, 0.25) is 0 Å². The smallest absolute Gasteiger partial charge is 0.258 e. The lowest BCUT2D eigenvalue weighted by molar-refractivity contribution is -0.121. The average molecular weight is 336 g/mol. The van der Waals surface area contributed by atoms with Crippen LogP contribution in [0.4, 0.5) is 5.69 Å². The highest BCUT2D eigenvalue weighted by atomic mass is 79.9. The van der Waals surface area contributed by atoms with Crippen molar-refractivity contribution < 1.29 is 4.79 Å². The van der Waals surface area contributed by atoms with Gasteiger partial charge in [-0.1, -0.05) is 0 Å². The number of likely N-dealkylation sites (N-methyl/N-ethyl adjacent to an activating group) is 1. The van der Waals surface area contributed by atoms with Gasteiger partial charge in [-0.2, -0.15) is 0 Å². The molecule has 0 atom stereocenters. The lowest BCUT2D eigenvalue weighted by Crippen LogP contribution is -2.33. The molecule has 5 nitrogen and oxygen atoms in total. The first-order valence-electron chi connectivity index (χ1n) is 6.27. The number of carbonyl (C=O) groups is 1. The normalized spacial score (nSPS) is 16.9. The third-order valence-corrected chi connectivity index (χ3v) is 4.63. The van der Waals surface area contributed by atoms with Crippen LogP contribution in [0.25, 0.3) is 10.9 Å². The van der Waals surface area contributed by atoms with Crippen LogP contribution < -0.4 is 10.5 Å². The molecule has 0 spiro atoms. The number of nitrogens with zero attached hydrogens (tertiary/aromatic N) is 2. The van der Waals surface area contributed by atoms with E-state index in [2.05, 4.69) is 25.9 Å². The molecular formula is C14H14BrN3O2. The third-order valence-electron chi connectivity index (χ3n) is 3.88. The molecule has 0 unspecified atom stereocenters. The van der Waals surface area contributed by atoms with Gasteiger partial charge in [-0.15, -0.1) is 0 Å². The Labute approximate surface area is 124 Å².